The lowest BCUT2D eigenvalue weighted by molar-refractivity contribution is 0.00578. The van der Waals surface area contributed by atoms with Crippen molar-refractivity contribution in [2.45, 2.75) is 58.3 Å². The standard InChI is InChI=1S/C17H24BClO3/c1-7-8-12(2)20-15-11-13(19)9-10-14(15)18-21-16(3,4)17(5,6)22-18/h7,9-12H,1,8H2,2-6H3. The largest absolute Gasteiger partial charge is 0.498 e. The normalized spacial score (nSPS) is 20.7. The van der Waals surface area contributed by atoms with Crippen LogP contribution in [0, 0.1) is 0 Å². The van der Waals surface area contributed by atoms with Crippen LogP contribution in [0.25, 0.3) is 0 Å². The Kier molecular flexibility index (Phi) is 4.95. The van der Waals surface area contributed by atoms with E-state index < -0.39 is 7.12 Å². The van der Waals surface area contributed by atoms with Crippen molar-refractivity contribution < 1.29 is 14.0 Å². The van der Waals surface area contributed by atoms with Crippen LogP contribution >= 0.6 is 11.6 Å². The van der Waals surface area contributed by atoms with Gasteiger partial charge in [0.05, 0.1) is 17.3 Å². The minimum absolute atomic E-state index is 0.0112. The molecule has 0 radical (unpaired) electrons. The molecule has 22 heavy (non-hydrogen) atoms. The Morgan fingerprint density at radius 1 is 1.27 bits per heavy atom. The Morgan fingerprint density at radius 3 is 2.41 bits per heavy atom. The van der Waals surface area contributed by atoms with Crippen molar-refractivity contribution in [2.75, 3.05) is 0 Å². The number of hydrogen-bond acceptors (Lipinski definition) is 3. The molecule has 0 aliphatic carbocycles. The molecule has 1 unspecified atom stereocenters. The van der Waals surface area contributed by atoms with E-state index in [1.807, 2.05) is 58.9 Å². The predicted molar refractivity (Wildman–Crippen MR) is 92.1 cm³/mol. The molecular formula is C17H24BClO3. The molecule has 0 saturated carbocycles. The molecule has 1 aromatic rings. The van der Waals surface area contributed by atoms with E-state index in [-0.39, 0.29) is 17.3 Å². The van der Waals surface area contributed by atoms with Crippen LogP contribution in [0.3, 0.4) is 0 Å². The fourth-order valence-corrected chi connectivity index (χ4v) is 2.44. The van der Waals surface area contributed by atoms with Gasteiger partial charge in [-0.25, -0.2) is 0 Å². The summed E-state index contributed by atoms with van der Waals surface area (Å²) in [6, 6.07) is 5.54. The van der Waals surface area contributed by atoms with Gasteiger partial charge in [-0.3, -0.25) is 0 Å². The van der Waals surface area contributed by atoms with Crippen LogP contribution < -0.4 is 10.2 Å². The lowest BCUT2D eigenvalue weighted by atomic mass is 9.78. The summed E-state index contributed by atoms with van der Waals surface area (Å²) in [4.78, 5) is 0. The molecule has 0 bridgehead atoms. The lowest BCUT2D eigenvalue weighted by Crippen LogP contribution is -2.41. The molecule has 1 fully saturated rings. The molecule has 2 rings (SSSR count). The average Bonchev–Trinajstić information content (AvgIpc) is 2.58. The van der Waals surface area contributed by atoms with Crippen molar-refractivity contribution in [3.05, 3.63) is 35.9 Å². The molecule has 3 nitrogen and oxygen atoms in total. The second-order valence-electron chi connectivity index (χ2n) is 6.72. The molecule has 120 valence electrons. The van der Waals surface area contributed by atoms with Crippen molar-refractivity contribution in [3.8, 4) is 5.75 Å². The summed E-state index contributed by atoms with van der Waals surface area (Å²) in [5, 5.41) is 0.626. The van der Waals surface area contributed by atoms with E-state index in [9.17, 15) is 0 Å². The van der Waals surface area contributed by atoms with Crippen LogP contribution in [0.4, 0.5) is 0 Å². The summed E-state index contributed by atoms with van der Waals surface area (Å²) in [6.07, 6.45) is 2.61. The highest BCUT2D eigenvalue weighted by Crippen LogP contribution is 2.37. The van der Waals surface area contributed by atoms with Gasteiger partial charge in [-0.1, -0.05) is 23.7 Å². The van der Waals surface area contributed by atoms with E-state index in [1.165, 1.54) is 0 Å². The molecule has 1 heterocycles. The van der Waals surface area contributed by atoms with E-state index in [2.05, 4.69) is 6.58 Å². The van der Waals surface area contributed by atoms with Gasteiger partial charge in [-0.05, 0) is 46.8 Å². The summed E-state index contributed by atoms with van der Waals surface area (Å²) >= 11 is 6.11. The van der Waals surface area contributed by atoms with Crippen LogP contribution in [0.15, 0.2) is 30.9 Å². The second kappa shape index (κ2) is 6.27. The van der Waals surface area contributed by atoms with Crippen molar-refractivity contribution in [2.24, 2.45) is 0 Å². The molecule has 1 saturated heterocycles. The maximum absolute atomic E-state index is 6.11. The Bertz CT molecular complexity index is 541. The first-order valence-electron chi connectivity index (χ1n) is 7.59. The Morgan fingerprint density at radius 2 is 1.86 bits per heavy atom. The fraction of sp³-hybridized carbons (Fsp3) is 0.529. The lowest BCUT2D eigenvalue weighted by Gasteiger charge is -2.32. The van der Waals surface area contributed by atoms with Crippen molar-refractivity contribution >= 4 is 24.2 Å². The van der Waals surface area contributed by atoms with Gasteiger partial charge in [0.15, 0.2) is 0 Å². The van der Waals surface area contributed by atoms with Crippen molar-refractivity contribution in [3.63, 3.8) is 0 Å². The summed E-state index contributed by atoms with van der Waals surface area (Å²) in [6.45, 7) is 13.9. The SMILES string of the molecule is C=CCC(C)Oc1cc(Cl)ccc1B1OC(C)(C)C(C)(C)O1. The first kappa shape index (κ1) is 17.4. The average molecular weight is 323 g/mol. The smallest absolute Gasteiger partial charge is 0.491 e. The number of rotatable bonds is 5. The van der Waals surface area contributed by atoms with Gasteiger partial charge in [0, 0.05) is 16.9 Å². The van der Waals surface area contributed by atoms with Gasteiger partial charge in [0.1, 0.15) is 5.75 Å². The van der Waals surface area contributed by atoms with Crippen LogP contribution in [-0.2, 0) is 9.31 Å². The fourth-order valence-electron chi connectivity index (χ4n) is 2.27. The summed E-state index contributed by atoms with van der Waals surface area (Å²) in [5.74, 6) is 0.695. The zero-order chi connectivity index (χ0) is 16.5. The van der Waals surface area contributed by atoms with Gasteiger partial charge in [0.2, 0.25) is 0 Å². The number of halogens is 1. The van der Waals surface area contributed by atoms with Gasteiger partial charge in [-0.15, -0.1) is 6.58 Å². The van der Waals surface area contributed by atoms with Crippen LogP contribution in [0.1, 0.15) is 41.0 Å². The third kappa shape index (κ3) is 3.50. The van der Waals surface area contributed by atoms with Crippen molar-refractivity contribution in [1.29, 1.82) is 0 Å². The molecule has 1 atom stereocenters. The van der Waals surface area contributed by atoms with Gasteiger partial charge < -0.3 is 14.0 Å². The second-order valence-corrected chi connectivity index (χ2v) is 7.16. The molecule has 1 aliphatic heterocycles. The molecule has 0 spiro atoms. The highest BCUT2D eigenvalue weighted by Gasteiger charge is 2.52. The predicted octanol–water partition coefficient (Wildman–Crippen LogP) is 3.98. The van der Waals surface area contributed by atoms with Crippen LogP contribution in [0.2, 0.25) is 5.02 Å². The number of hydrogen-bond donors (Lipinski definition) is 0. The monoisotopic (exact) mass is 322 g/mol. The molecule has 0 amide bonds. The maximum atomic E-state index is 6.11. The van der Waals surface area contributed by atoms with Gasteiger partial charge in [-0.2, -0.15) is 0 Å². The highest BCUT2D eigenvalue weighted by molar-refractivity contribution is 6.63. The number of benzene rings is 1. The molecule has 1 aromatic carbocycles. The van der Waals surface area contributed by atoms with Crippen molar-refractivity contribution in [1.82, 2.24) is 0 Å². The van der Waals surface area contributed by atoms with E-state index in [0.717, 1.165) is 11.9 Å². The molecule has 5 heteroatoms. The Balaban J connectivity index is 2.30. The maximum Gasteiger partial charge on any atom is 0.498 e. The quantitative estimate of drug-likeness (QED) is 0.606. The van der Waals surface area contributed by atoms with Crippen LogP contribution in [0.5, 0.6) is 5.75 Å². The molecule has 1 aliphatic rings. The topological polar surface area (TPSA) is 27.7 Å². The summed E-state index contributed by atoms with van der Waals surface area (Å²) in [5.41, 5.74) is 0.0850. The Labute approximate surface area is 138 Å². The minimum Gasteiger partial charge on any atom is -0.491 e. The molecule has 0 N–H and O–H groups in total. The zero-order valence-electron chi connectivity index (χ0n) is 14.0. The van der Waals surface area contributed by atoms with E-state index in [1.54, 1.807) is 0 Å². The third-order valence-electron chi connectivity index (χ3n) is 4.31. The van der Waals surface area contributed by atoms with E-state index in [4.69, 9.17) is 25.6 Å². The molecular weight excluding hydrogens is 298 g/mol. The van der Waals surface area contributed by atoms with Crippen LogP contribution in [-0.4, -0.2) is 24.4 Å². The first-order chi connectivity index (χ1) is 10.2. The van der Waals surface area contributed by atoms with Gasteiger partial charge in [0.25, 0.3) is 0 Å². The highest BCUT2D eigenvalue weighted by atomic mass is 35.5. The van der Waals surface area contributed by atoms with E-state index in [0.29, 0.717) is 10.8 Å². The number of ether oxygens (including phenoxy) is 1. The van der Waals surface area contributed by atoms with Gasteiger partial charge >= 0.3 is 7.12 Å². The molecule has 0 aromatic heterocycles. The summed E-state index contributed by atoms with van der Waals surface area (Å²) < 4.78 is 18.2. The third-order valence-corrected chi connectivity index (χ3v) is 4.54. The minimum atomic E-state index is -0.465. The zero-order valence-corrected chi connectivity index (χ0v) is 14.7. The Hall–Kier alpha value is -0.965. The summed E-state index contributed by atoms with van der Waals surface area (Å²) in [7, 11) is -0.465. The van der Waals surface area contributed by atoms with E-state index >= 15 is 0 Å². The first-order valence-corrected chi connectivity index (χ1v) is 7.97.